The molecule has 0 saturated carbocycles. The van der Waals surface area contributed by atoms with Crippen LogP contribution in [0.25, 0.3) is 0 Å². The molecule has 0 aromatic carbocycles. The SMILES string of the molecule is CCCOC1CCCN(C(=O)C(F)F)C1. The first-order chi connectivity index (χ1) is 7.15. The van der Waals surface area contributed by atoms with Gasteiger partial charge in [0, 0.05) is 19.7 Å². The summed E-state index contributed by atoms with van der Waals surface area (Å²) in [7, 11) is 0. The Kier molecular flexibility index (Phi) is 4.94. The predicted molar refractivity (Wildman–Crippen MR) is 51.8 cm³/mol. The van der Waals surface area contributed by atoms with Gasteiger partial charge in [-0.05, 0) is 19.3 Å². The molecule has 3 nitrogen and oxygen atoms in total. The zero-order chi connectivity index (χ0) is 11.3. The molecule has 0 spiro atoms. The van der Waals surface area contributed by atoms with Crippen molar-refractivity contribution in [2.75, 3.05) is 19.7 Å². The number of rotatable bonds is 4. The van der Waals surface area contributed by atoms with E-state index in [0.717, 1.165) is 19.3 Å². The monoisotopic (exact) mass is 221 g/mol. The Labute approximate surface area is 88.4 Å². The fourth-order valence-corrected chi connectivity index (χ4v) is 1.70. The number of carbonyl (C=O) groups excluding carboxylic acids is 1. The van der Waals surface area contributed by atoms with E-state index in [1.54, 1.807) is 0 Å². The number of hydrogen-bond donors (Lipinski definition) is 0. The van der Waals surface area contributed by atoms with Crippen molar-refractivity contribution < 1.29 is 18.3 Å². The third kappa shape index (κ3) is 3.74. The van der Waals surface area contributed by atoms with Crippen LogP contribution >= 0.6 is 0 Å². The first-order valence-corrected chi connectivity index (χ1v) is 5.33. The summed E-state index contributed by atoms with van der Waals surface area (Å²) in [5, 5.41) is 0. The maximum Gasteiger partial charge on any atom is 0.315 e. The molecule has 0 radical (unpaired) electrons. The normalized spacial score (nSPS) is 22.1. The topological polar surface area (TPSA) is 29.5 Å². The Hall–Kier alpha value is -0.710. The molecule has 1 unspecified atom stereocenters. The lowest BCUT2D eigenvalue weighted by molar-refractivity contribution is -0.146. The second-order valence-electron chi connectivity index (χ2n) is 3.72. The van der Waals surface area contributed by atoms with E-state index in [1.165, 1.54) is 4.90 Å². The zero-order valence-corrected chi connectivity index (χ0v) is 8.92. The predicted octanol–water partition coefficient (Wildman–Crippen LogP) is 1.67. The van der Waals surface area contributed by atoms with Gasteiger partial charge in [0.1, 0.15) is 0 Å². The van der Waals surface area contributed by atoms with Crippen molar-refractivity contribution >= 4 is 5.91 Å². The third-order valence-corrected chi connectivity index (χ3v) is 2.43. The van der Waals surface area contributed by atoms with E-state index < -0.39 is 12.3 Å². The summed E-state index contributed by atoms with van der Waals surface area (Å²) in [6.45, 7) is 3.35. The van der Waals surface area contributed by atoms with Crippen LogP contribution in [0.2, 0.25) is 0 Å². The maximum atomic E-state index is 12.2. The summed E-state index contributed by atoms with van der Waals surface area (Å²) in [6, 6.07) is 0. The van der Waals surface area contributed by atoms with Crippen LogP contribution in [-0.2, 0) is 9.53 Å². The Morgan fingerprint density at radius 3 is 2.93 bits per heavy atom. The molecule has 1 aliphatic heterocycles. The lowest BCUT2D eigenvalue weighted by Gasteiger charge is -2.32. The van der Waals surface area contributed by atoms with E-state index in [0.29, 0.717) is 19.7 Å². The van der Waals surface area contributed by atoms with Crippen LogP contribution < -0.4 is 0 Å². The third-order valence-electron chi connectivity index (χ3n) is 2.43. The fourth-order valence-electron chi connectivity index (χ4n) is 1.70. The number of carbonyl (C=O) groups is 1. The van der Waals surface area contributed by atoms with Crippen LogP contribution in [-0.4, -0.2) is 43.0 Å². The van der Waals surface area contributed by atoms with Crippen molar-refractivity contribution in [2.45, 2.75) is 38.7 Å². The highest BCUT2D eigenvalue weighted by Gasteiger charge is 2.28. The van der Waals surface area contributed by atoms with E-state index in [2.05, 4.69) is 0 Å². The summed E-state index contributed by atoms with van der Waals surface area (Å²) < 4.78 is 29.8. The average Bonchev–Trinajstić information content (AvgIpc) is 2.25. The quantitative estimate of drug-likeness (QED) is 0.722. The number of ether oxygens (including phenoxy) is 1. The van der Waals surface area contributed by atoms with Gasteiger partial charge in [-0.3, -0.25) is 4.79 Å². The van der Waals surface area contributed by atoms with E-state index in [9.17, 15) is 13.6 Å². The molecule has 0 aromatic rings. The second kappa shape index (κ2) is 6.00. The Balaban J connectivity index is 2.38. The first-order valence-electron chi connectivity index (χ1n) is 5.33. The van der Waals surface area contributed by atoms with Gasteiger partial charge in [-0.2, -0.15) is 8.78 Å². The van der Waals surface area contributed by atoms with Gasteiger partial charge in [-0.15, -0.1) is 0 Å². The molecule has 1 atom stereocenters. The van der Waals surface area contributed by atoms with Crippen LogP contribution in [0.5, 0.6) is 0 Å². The summed E-state index contributed by atoms with van der Waals surface area (Å²) in [5.74, 6) is -1.07. The number of alkyl halides is 2. The second-order valence-corrected chi connectivity index (χ2v) is 3.72. The minimum Gasteiger partial charge on any atom is -0.376 e. The minimum absolute atomic E-state index is 0.0681. The van der Waals surface area contributed by atoms with Crippen LogP contribution in [0.15, 0.2) is 0 Å². The van der Waals surface area contributed by atoms with Gasteiger partial charge in [0.2, 0.25) is 0 Å². The van der Waals surface area contributed by atoms with Gasteiger partial charge < -0.3 is 9.64 Å². The Morgan fingerprint density at radius 1 is 1.60 bits per heavy atom. The summed E-state index contributed by atoms with van der Waals surface area (Å²) in [5.41, 5.74) is 0. The number of halogens is 2. The molecule has 1 amide bonds. The van der Waals surface area contributed by atoms with Gasteiger partial charge in [0.05, 0.1) is 6.10 Å². The van der Waals surface area contributed by atoms with Crippen LogP contribution in [0.4, 0.5) is 8.78 Å². The lowest BCUT2D eigenvalue weighted by atomic mass is 10.1. The van der Waals surface area contributed by atoms with Gasteiger partial charge in [-0.25, -0.2) is 0 Å². The Morgan fingerprint density at radius 2 is 2.33 bits per heavy atom. The molecule has 0 aromatic heterocycles. The molecule has 1 aliphatic rings. The van der Waals surface area contributed by atoms with Crippen LogP contribution in [0, 0.1) is 0 Å². The fraction of sp³-hybridized carbons (Fsp3) is 0.900. The van der Waals surface area contributed by atoms with Gasteiger partial charge in [0.25, 0.3) is 5.91 Å². The molecule has 5 heteroatoms. The van der Waals surface area contributed by atoms with Crippen molar-refractivity contribution in [2.24, 2.45) is 0 Å². The number of amides is 1. The molecule has 1 heterocycles. The summed E-state index contributed by atoms with van der Waals surface area (Å²) >= 11 is 0. The zero-order valence-electron chi connectivity index (χ0n) is 8.92. The number of likely N-dealkylation sites (tertiary alicyclic amines) is 1. The van der Waals surface area contributed by atoms with Gasteiger partial charge >= 0.3 is 6.43 Å². The standard InChI is InChI=1S/C10H17F2NO2/c1-2-6-15-8-4-3-5-13(7-8)10(14)9(11)12/h8-9H,2-7H2,1H3. The molecule has 1 saturated heterocycles. The molecule has 0 bridgehead atoms. The first kappa shape index (κ1) is 12.4. The van der Waals surface area contributed by atoms with Gasteiger partial charge in [-0.1, -0.05) is 6.92 Å². The summed E-state index contributed by atoms with van der Waals surface area (Å²) in [6.07, 6.45) is -0.463. The highest BCUT2D eigenvalue weighted by molar-refractivity contribution is 5.79. The van der Waals surface area contributed by atoms with Crippen molar-refractivity contribution in [3.8, 4) is 0 Å². The van der Waals surface area contributed by atoms with Crippen molar-refractivity contribution in [1.82, 2.24) is 4.90 Å². The summed E-state index contributed by atoms with van der Waals surface area (Å²) in [4.78, 5) is 12.2. The molecule has 88 valence electrons. The largest absolute Gasteiger partial charge is 0.376 e. The van der Waals surface area contributed by atoms with E-state index in [4.69, 9.17) is 4.74 Å². The van der Waals surface area contributed by atoms with E-state index >= 15 is 0 Å². The molecule has 0 aliphatic carbocycles. The van der Waals surface area contributed by atoms with Crippen molar-refractivity contribution in [1.29, 1.82) is 0 Å². The molecular formula is C10H17F2NO2. The smallest absolute Gasteiger partial charge is 0.315 e. The molecule has 0 N–H and O–H groups in total. The lowest BCUT2D eigenvalue weighted by Crippen LogP contribution is -2.45. The van der Waals surface area contributed by atoms with Gasteiger partial charge in [0.15, 0.2) is 0 Å². The highest BCUT2D eigenvalue weighted by atomic mass is 19.3. The van der Waals surface area contributed by atoms with Crippen LogP contribution in [0.1, 0.15) is 26.2 Å². The number of hydrogen-bond acceptors (Lipinski definition) is 2. The van der Waals surface area contributed by atoms with E-state index in [1.807, 2.05) is 6.92 Å². The molecule has 15 heavy (non-hydrogen) atoms. The maximum absolute atomic E-state index is 12.2. The highest BCUT2D eigenvalue weighted by Crippen LogP contribution is 2.15. The molecule has 1 rings (SSSR count). The minimum atomic E-state index is -2.89. The molecular weight excluding hydrogens is 204 g/mol. The molecule has 1 fully saturated rings. The number of nitrogens with zero attached hydrogens (tertiary/aromatic N) is 1. The average molecular weight is 221 g/mol. The van der Waals surface area contributed by atoms with E-state index in [-0.39, 0.29) is 6.10 Å². The number of piperidine rings is 1. The van der Waals surface area contributed by atoms with Crippen LogP contribution in [0.3, 0.4) is 0 Å². The van der Waals surface area contributed by atoms with Crippen molar-refractivity contribution in [3.63, 3.8) is 0 Å². The van der Waals surface area contributed by atoms with Crippen molar-refractivity contribution in [3.05, 3.63) is 0 Å². The Bertz CT molecular complexity index is 212.